The summed E-state index contributed by atoms with van der Waals surface area (Å²) in [5.74, 6) is -1.83. The minimum absolute atomic E-state index is 0.0532. The Labute approximate surface area is 177 Å². The zero-order chi connectivity index (χ0) is 21.3. The van der Waals surface area contributed by atoms with Crippen LogP contribution in [0.2, 0.25) is 10.0 Å². The molecule has 154 valence electrons. The fourth-order valence-electron chi connectivity index (χ4n) is 2.81. The molecular weight excluding hydrogens is 444 g/mol. The molecule has 3 rings (SSSR count). The number of carbonyl (C=O) groups is 1. The molecule has 0 saturated carbocycles. The molecule has 29 heavy (non-hydrogen) atoms. The van der Waals surface area contributed by atoms with Crippen LogP contribution in [0.5, 0.6) is 0 Å². The van der Waals surface area contributed by atoms with E-state index >= 15 is 0 Å². The Balaban J connectivity index is 2.08. The van der Waals surface area contributed by atoms with Crippen LogP contribution >= 0.6 is 23.2 Å². The largest absolute Gasteiger partial charge is 0.478 e. The molecule has 10 heteroatoms. The van der Waals surface area contributed by atoms with Gasteiger partial charge in [0.1, 0.15) is 10.7 Å². The van der Waals surface area contributed by atoms with Crippen molar-refractivity contribution in [3.05, 3.63) is 57.8 Å². The Bertz CT molecular complexity index is 1080. The van der Waals surface area contributed by atoms with Crippen molar-refractivity contribution in [1.82, 2.24) is 4.31 Å². The molecule has 0 aromatic heterocycles. The van der Waals surface area contributed by atoms with Crippen molar-refractivity contribution in [2.75, 3.05) is 20.2 Å². The third-order valence-corrected chi connectivity index (χ3v) is 7.02. The van der Waals surface area contributed by atoms with Crippen LogP contribution in [0.15, 0.2) is 41.3 Å². The van der Waals surface area contributed by atoms with Gasteiger partial charge < -0.3 is 9.84 Å². The summed E-state index contributed by atoms with van der Waals surface area (Å²) in [4.78, 5) is 10.5. The zero-order valence-corrected chi connectivity index (χ0v) is 17.4. The monoisotopic (exact) mass is 459 g/mol. The molecule has 0 aliphatic carbocycles. The number of carboxylic acid groups (broad SMARTS) is 1. The number of aliphatic carboxylic acids is 1. The third-order valence-electron chi connectivity index (χ3n) is 4.27. The average Bonchev–Trinajstić information content (AvgIpc) is 3.42. The third kappa shape index (κ3) is 4.79. The van der Waals surface area contributed by atoms with Gasteiger partial charge in [-0.2, -0.15) is 4.31 Å². The number of rotatable bonds is 7. The highest BCUT2D eigenvalue weighted by molar-refractivity contribution is 7.89. The summed E-state index contributed by atoms with van der Waals surface area (Å²) >= 11 is 12.5. The Morgan fingerprint density at radius 1 is 1.34 bits per heavy atom. The van der Waals surface area contributed by atoms with Crippen molar-refractivity contribution < 1.29 is 27.4 Å². The number of ether oxygens (including phenoxy) is 1. The molecule has 1 heterocycles. The quantitative estimate of drug-likeness (QED) is 0.500. The number of hydrogen-bond donors (Lipinski definition) is 1. The first-order chi connectivity index (χ1) is 13.6. The first-order valence-corrected chi connectivity index (χ1v) is 10.6. The van der Waals surface area contributed by atoms with Crippen LogP contribution in [0.4, 0.5) is 4.39 Å². The number of nitrogens with zero attached hydrogens (tertiary/aromatic N) is 1. The van der Waals surface area contributed by atoms with Gasteiger partial charge in [-0.05, 0) is 35.4 Å². The van der Waals surface area contributed by atoms with E-state index in [4.69, 9.17) is 33.0 Å². The fraction of sp³-hybridized carbons (Fsp3) is 0.211. The summed E-state index contributed by atoms with van der Waals surface area (Å²) in [5, 5.41) is 8.49. The molecule has 0 bridgehead atoms. The summed E-state index contributed by atoms with van der Waals surface area (Å²) in [6.07, 6.45) is 1.94. The maximum absolute atomic E-state index is 14.5. The van der Waals surface area contributed by atoms with Crippen LogP contribution in [0.3, 0.4) is 0 Å². The van der Waals surface area contributed by atoms with Crippen molar-refractivity contribution in [3.8, 4) is 11.1 Å². The lowest BCUT2D eigenvalue weighted by molar-refractivity contribution is -0.131. The Kier molecular flexibility index (Phi) is 6.30. The lowest BCUT2D eigenvalue weighted by atomic mass is 9.98. The topological polar surface area (TPSA) is 87.2 Å². The first-order valence-electron chi connectivity index (χ1n) is 8.38. The van der Waals surface area contributed by atoms with Gasteiger partial charge in [-0.1, -0.05) is 35.3 Å². The molecule has 0 amide bonds. The van der Waals surface area contributed by atoms with Crippen LogP contribution in [0.1, 0.15) is 5.56 Å². The summed E-state index contributed by atoms with van der Waals surface area (Å²) in [6.45, 7) is 0.647. The van der Waals surface area contributed by atoms with Crippen LogP contribution in [-0.2, 0) is 19.6 Å². The van der Waals surface area contributed by atoms with Gasteiger partial charge in [0.25, 0.3) is 0 Å². The lowest BCUT2D eigenvalue weighted by Gasteiger charge is -2.19. The average molecular weight is 460 g/mol. The molecule has 2 aromatic carbocycles. The van der Waals surface area contributed by atoms with Crippen LogP contribution in [0.25, 0.3) is 17.2 Å². The second-order valence-electron chi connectivity index (χ2n) is 6.39. The number of epoxide rings is 1. The van der Waals surface area contributed by atoms with Gasteiger partial charge >= 0.3 is 5.97 Å². The van der Waals surface area contributed by atoms with E-state index in [9.17, 15) is 17.6 Å². The van der Waals surface area contributed by atoms with Crippen molar-refractivity contribution >= 4 is 45.3 Å². The number of likely N-dealkylation sites (N-methyl/N-ethyl adjacent to an activating group) is 1. The molecule has 1 aliphatic rings. The summed E-state index contributed by atoms with van der Waals surface area (Å²) in [5.41, 5.74) is 0.547. The molecule has 0 unspecified atom stereocenters. The molecule has 6 nitrogen and oxygen atoms in total. The second kappa shape index (κ2) is 8.41. The van der Waals surface area contributed by atoms with Gasteiger partial charge in [0.05, 0.1) is 22.8 Å². The molecule has 2 aromatic rings. The van der Waals surface area contributed by atoms with Crippen molar-refractivity contribution in [2.45, 2.75) is 11.0 Å². The van der Waals surface area contributed by atoms with Gasteiger partial charge in [-0.15, -0.1) is 0 Å². The molecule has 1 fully saturated rings. The van der Waals surface area contributed by atoms with Crippen molar-refractivity contribution in [2.24, 2.45) is 0 Å². The molecule has 1 atom stereocenters. The SMILES string of the molecule is CN(C[C@H]1CO1)S(=O)(=O)c1c(Cl)cc(-c2c(F)cccc2C=CC(=O)O)cc1Cl. The van der Waals surface area contributed by atoms with Crippen LogP contribution < -0.4 is 0 Å². The number of sulfonamides is 1. The van der Waals surface area contributed by atoms with E-state index in [0.717, 1.165) is 10.4 Å². The van der Waals surface area contributed by atoms with Crippen molar-refractivity contribution in [3.63, 3.8) is 0 Å². The second-order valence-corrected chi connectivity index (χ2v) is 9.18. The first kappa shape index (κ1) is 21.7. The number of carboxylic acids is 1. The van der Waals surface area contributed by atoms with E-state index in [1.165, 1.54) is 43.5 Å². The molecule has 1 aliphatic heterocycles. The van der Waals surface area contributed by atoms with Gasteiger partial charge in [0.2, 0.25) is 10.0 Å². The lowest BCUT2D eigenvalue weighted by Crippen LogP contribution is -2.31. The Hall–Kier alpha value is -1.97. The van der Waals surface area contributed by atoms with E-state index in [1.807, 2.05) is 0 Å². The summed E-state index contributed by atoms with van der Waals surface area (Å²) in [7, 11) is -2.60. The zero-order valence-electron chi connectivity index (χ0n) is 15.1. The predicted octanol–water partition coefficient (Wildman–Crippen LogP) is 3.92. The molecule has 0 radical (unpaired) electrons. The standard InChI is InChI=1S/C19H16Cl2FNO5S/c1-23(9-13-10-28-13)29(26,27)19-14(20)7-12(8-15(19)21)18-11(5-6-17(24)25)3-2-4-16(18)22/h2-8,13H,9-10H2,1H3,(H,24,25)/t13-/m0/s1. The molecule has 1 saturated heterocycles. The highest BCUT2D eigenvalue weighted by Gasteiger charge is 2.33. The highest BCUT2D eigenvalue weighted by Crippen LogP contribution is 2.38. The van der Waals surface area contributed by atoms with Gasteiger partial charge in [-0.25, -0.2) is 17.6 Å². The van der Waals surface area contributed by atoms with Gasteiger partial charge in [0.15, 0.2) is 0 Å². The van der Waals surface area contributed by atoms with Crippen LogP contribution in [0, 0.1) is 5.82 Å². The van der Waals surface area contributed by atoms with E-state index in [-0.39, 0.29) is 44.3 Å². The van der Waals surface area contributed by atoms with E-state index in [1.54, 1.807) is 0 Å². The smallest absolute Gasteiger partial charge is 0.328 e. The Morgan fingerprint density at radius 2 is 1.97 bits per heavy atom. The van der Waals surface area contributed by atoms with Gasteiger partial charge in [0, 0.05) is 25.2 Å². The Morgan fingerprint density at radius 3 is 2.52 bits per heavy atom. The predicted molar refractivity (Wildman–Crippen MR) is 108 cm³/mol. The normalized spacial score (nSPS) is 16.5. The number of hydrogen-bond acceptors (Lipinski definition) is 4. The van der Waals surface area contributed by atoms with Gasteiger partial charge in [-0.3, -0.25) is 0 Å². The minimum atomic E-state index is -3.99. The number of halogens is 3. The molecule has 0 spiro atoms. The summed E-state index contributed by atoms with van der Waals surface area (Å²) in [6, 6.07) is 6.73. The van der Waals surface area contributed by atoms with Crippen LogP contribution in [-0.4, -0.2) is 50.1 Å². The minimum Gasteiger partial charge on any atom is -0.478 e. The maximum Gasteiger partial charge on any atom is 0.328 e. The fourth-order valence-corrected chi connectivity index (χ4v) is 5.17. The maximum atomic E-state index is 14.5. The van der Waals surface area contributed by atoms with E-state index in [2.05, 4.69) is 0 Å². The summed E-state index contributed by atoms with van der Waals surface area (Å²) < 4.78 is 46.4. The highest BCUT2D eigenvalue weighted by atomic mass is 35.5. The van der Waals surface area contributed by atoms with E-state index in [0.29, 0.717) is 6.61 Å². The van der Waals surface area contributed by atoms with Crippen molar-refractivity contribution in [1.29, 1.82) is 0 Å². The van der Waals surface area contributed by atoms with E-state index < -0.39 is 21.8 Å². The molecular formula is C19H16Cl2FNO5S. The number of benzene rings is 2. The molecule has 1 N–H and O–H groups in total.